The lowest BCUT2D eigenvalue weighted by molar-refractivity contribution is 0.163. The normalized spacial score (nSPS) is 39.9. The van der Waals surface area contributed by atoms with Crippen LogP contribution in [0.3, 0.4) is 0 Å². The molecule has 2 N–H and O–H groups in total. The zero-order valence-corrected chi connectivity index (χ0v) is 8.68. The minimum absolute atomic E-state index is 0.802. The third kappa shape index (κ3) is 2.05. The second kappa shape index (κ2) is 4.43. The van der Waals surface area contributed by atoms with Crippen molar-refractivity contribution < 1.29 is 0 Å². The van der Waals surface area contributed by atoms with Gasteiger partial charge in [-0.2, -0.15) is 0 Å². The summed E-state index contributed by atoms with van der Waals surface area (Å²) in [7, 11) is 0. The molecule has 0 spiro atoms. The average Bonchev–Trinajstić information content (AvgIpc) is 2.19. The number of rotatable bonds is 2. The SMILES string of the molecule is CCN[C@@H]1CCN[C@H]2CCCC[C@@H]21. The predicted molar refractivity (Wildman–Crippen MR) is 55.8 cm³/mol. The maximum absolute atomic E-state index is 3.67. The minimum atomic E-state index is 0.802. The molecule has 2 nitrogen and oxygen atoms in total. The standard InChI is InChI=1S/C11H22N2/c1-2-12-11-7-8-13-10-6-4-3-5-9(10)11/h9-13H,2-8H2,1H3/t9-,10-,11+/m0/s1. The van der Waals surface area contributed by atoms with Gasteiger partial charge in [-0.3, -0.25) is 0 Å². The molecule has 0 aromatic carbocycles. The summed E-state index contributed by atoms with van der Waals surface area (Å²) >= 11 is 0. The van der Waals surface area contributed by atoms with Crippen LogP contribution in [0.2, 0.25) is 0 Å². The topological polar surface area (TPSA) is 24.1 Å². The van der Waals surface area contributed by atoms with Crippen molar-refractivity contribution in [3.63, 3.8) is 0 Å². The van der Waals surface area contributed by atoms with Crippen molar-refractivity contribution in [1.82, 2.24) is 10.6 Å². The fourth-order valence-electron chi connectivity index (χ4n) is 3.05. The molecule has 0 radical (unpaired) electrons. The van der Waals surface area contributed by atoms with Crippen molar-refractivity contribution in [2.24, 2.45) is 5.92 Å². The van der Waals surface area contributed by atoms with Crippen LogP contribution in [0.25, 0.3) is 0 Å². The first-order valence-electron chi connectivity index (χ1n) is 5.88. The van der Waals surface area contributed by atoms with E-state index in [1.165, 1.54) is 38.6 Å². The van der Waals surface area contributed by atoms with Gasteiger partial charge in [-0.25, -0.2) is 0 Å². The monoisotopic (exact) mass is 182 g/mol. The van der Waals surface area contributed by atoms with Gasteiger partial charge >= 0.3 is 0 Å². The van der Waals surface area contributed by atoms with Crippen LogP contribution in [0.1, 0.15) is 39.0 Å². The van der Waals surface area contributed by atoms with E-state index in [2.05, 4.69) is 17.6 Å². The molecule has 0 amide bonds. The number of piperidine rings is 1. The Hall–Kier alpha value is -0.0800. The fourth-order valence-corrected chi connectivity index (χ4v) is 3.05. The highest BCUT2D eigenvalue weighted by atomic mass is 15.0. The van der Waals surface area contributed by atoms with Crippen molar-refractivity contribution in [3.05, 3.63) is 0 Å². The van der Waals surface area contributed by atoms with Gasteiger partial charge in [-0.1, -0.05) is 19.8 Å². The smallest absolute Gasteiger partial charge is 0.0122 e. The molecule has 0 unspecified atom stereocenters. The van der Waals surface area contributed by atoms with E-state index in [0.717, 1.165) is 24.5 Å². The van der Waals surface area contributed by atoms with Crippen LogP contribution in [0.15, 0.2) is 0 Å². The molecule has 0 bridgehead atoms. The summed E-state index contributed by atoms with van der Waals surface area (Å²) < 4.78 is 0. The van der Waals surface area contributed by atoms with Crippen LogP contribution in [0.5, 0.6) is 0 Å². The molecule has 76 valence electrons. The van der Waals surface area contributed by atoms with E-state index in [9.17, 15) is 0 Å². The highest BCUT2D eigenvalue weighted by Gasteiger charge is 2.33. The molecule has 2 rings (SSSR count). The van der Waals surface area contributed by atoms with E-state index < -0.39 is 0 Å². The minimum Gasteiger partial charge on any atom is -0.314 e. The van der Waals surface area contributed by atoms with Crippen LogP contribution in [-0.2, 0) is 0 Å². The summed E-state index contributed by atoms with van der Waals surface area (Å²) in [6.45, 7) is 4.58. The van der Waals surface area contributed by atoms with Crippen LogP contribution >= 0.6 is 0 Å². The summed E-state index contributed by atoms with van der Waals surface area (Å²) in [5.41, 5.74) is 0. The molecular formula is C11H22N2. The van der Waals surface area contributed by atoms with Crippen LogP contribution in [-0.4, -0.2) is 25.2 Å². The van der Waals surface area contributed by atoms with E-state index >= 15 is 0 Å². The van der Waals surface area contributed by atoms with Crippen molar-refractivity contribution in [2.75, 3.05) is 13.1 Å². The zero-order chi connectivity index (χ0) is 9.10. The van der Waals surface area contributed by atoms with Crippen LogP contribution in [0.4, 0.5) is 0 Å². The van der Waals surface area contributed by atoms with E-state index in [1.807, 2.05) is 0 Å². The highest BCUT2D eigenvalue weighted by molar-refractivity contribution is 4.92. The van der Waals surface area contributed by atoms with Crippen LogP contribution in [0, 0.1) is 5.92 Å². The molecule has 2 aliphatic rings. The predicted octanol–water partition coefficient (Wildman–Crippen LogP) is 1.52. The molecule has 2 fully saturated rings. The summed E-state index contributed by atoms with van der Waals surface area (Å²) in [6, 6.07) is 1.63. The second-order valence-corrected chi connectivity index (χ2v) is 4.46. The number of fused-ring (bicyclic) bond motifs is 1. The van der Waals surface area contributed by atoms with Crippen molar-refractivity contribution in [1.29, 1.82) is 0 Å². The van der Waals surface area contributed by atoms with Gasteiger partial charge in [-0.15, -0.1) is 0 Å². The van der Waals surface area contributed by atoms with Gasteiger partial charge in [-0.05, 0) is 38.3 Å². The third-order valence-electron chi connectivity index (χ3n) is 3.66. The lowest BCUT2D eigenvalue weighted by atomic mass is 9.76. The Labute approximate surface area is 81.5 Å². The molecule has 1 saturated carbocycles. The molecular weight excluding hydrogens is 160 g/mol. The molecule has 1 saturated heterocycles. The molecule has 0 aromatic rings. The van der Waals surface area contributed by atoms with Gasteiger partial charge in [0.25, 0.3) is 0 Å². The molecule has 13 heavy (non-hydrogen) atoms. The molecule has 3 atom stereocenters. The summed E-state index contributed by atoms with van der Waals surface area (Å²) in [5, 5.41) is 7.31. The van der Waals surface area contributed by atoms with Gasteiger partial charge in [0, 0.05) is 12.1 Å². The fraction of sp³-hybridized carbons (Fsp3) is 1.00. The Kier molecular flexibility index (Phi) is 3.23. The number of hydrogen-bond acceptors (Lipinski definition) is 2. The second-order valence-electron chi connectivity index (χ2n) is 4.46. The largest absolute Gasteiger partial charge is 0.314 e. The first kappa shape index (κ1) is 9.47. The maximum Gasteiger partial charge on any atom is 0.0122 e. The van der Waals surface area contributed by atoms with Gasteiger partial charge in [0.05, 0.1) is 0 Å². The summed E-state index contributed by atoms with van der Waals surface area (Å²) in [5.74, 6) is 0.919. The number of nitrogens with one attached hydrogen (secondary N) is 2. The lowest BCUT2D eigenvalue weighted by Gasteiger charge is -2.42. The van der Waals surface area contributed by atoms with E-state index in [0.29, 0.717) is 0 Å². The number of hydrogen-bond donors (Lipinski definition) is 2. The van der Waals surface area contributed by atoms with Gasteiger partial charge in [0.2, 0.25) is 0 Å². The molecule has 0 aromatic heterocycles. The van der Waals surface area contributed by atoms with Crippen molar-refractivity contribution in [3.8, 4) is 0 Å². The summed E-state index contributed by atoms with van der Waals surface area (Å²) in [6.07, 6.45) is 7.06. The van der Waals surface area contributed by atoms with Gasteiger partial charge in [0.1, 0.15) is 0 Å². The van der Waals surface area contributed by atoms with E-state index in [-0.39, 0.29) is 0 Å². The Morgan fingerprint density at radius 3 is 2.92 bits per heavy atom. The highest BCUT2D eigenvalue weighted by Crippen LogP contribution is 2.30. The first-order valence-corrected chi connectivity index (χ1v) is 5.88. The Morgan fingerprint density at radius 2 is 2.08 bits per heavy atom. The molecule has 1 aliphatic heterocycles. The Balaban J connectivity index is 1.94. The lowest BCUT2D eigenvalue weighted by Crippen LogP contribution is -2.54. The third-order valence-corrected chi connectivity index (χ3v) is 3.66. The van der Waals surface area contributed by atoms with E-state index in [1.54, 1.807) is 0 Å². The maximum atomic E-state index is 3.67. The zero-order valence-electron chi connectivity index (χ0n) is 8.68. The average molecular weight is 182 g/mol. The quantitative estimate of drug-likeness (QED) is 0.676. The molecule has 1 aliphatic carbocycles. The Bertz CT molecular complexity index is 154. The van der Waals surface area contributed by atoms with Gasteiger partial charge in [0.15, 0.2) is 0 Å². The van der Waals surface area contributed by atoms with Crippen molar-refractivity contribution >= 4 is 0 Å². The van der Waals surface area contributed by atoms with Gasteiger partial charge < -0.3 is 10.6 Å². The van der Waals surface area contributed by atoms with Crippen molar-refractivity contribution in [2.45, 2.75) is 51.1 Å². The summed E-state index contributed by atoms with van der Waals surface area (Å²) in [4.78, 5) is 0. The first-order chi connectivity index (χ1) is 6.42. The van der Waals surface area contributed by atoms with E-state index in [4.69, 9.17) is 0 Å². The Morgan fingerprint density at radius 1 is 1.23 bits per heavy atom. The molecule has 2 heteroatoms. The van der Waals surface area contributed by atoms with Crippen LogP contribution < -0.4 is 10.6 Å². The molecule has 1 heterocycles.